The number of hydrogen-bond acceptors (Lipinski definition) is 5. The predicted molar refractivity (Wildman–Crippen MR) is 70.8 cm³/mol. The third-order valence-corrected chi connectivity index (χ3v) is 3.54. The molecule has 1 aromatic carbocycles. The first-order chi connectivity index (χ1) is 9.77. The van der Waals surface area contributed by atoms with Gasteiger partial charge in [0.25, 0.3) is 5.22 Å². The third-order valence-electron chi connectivity index (χ3n) is 2.24. The molecule has 112 valence electrons. The Labute approximate surface area is 128 Å². The Morgan fingerprint density at radius 3 is 2.71 bits per heavy atom. The number of benzene rings is 1. The van der Waals surface area contributed by atoms with Crippen LogP contribution in [0.1, 0.15) is 5.56 Å². The van der Waals surface area contributed by atoms with Gasteiger partial charge in [0.1, 0.15) is 5.75 Å². The fourth-order valence-corrected chi connectivity index (χ4v) is 2.28. The van der Waals surface area contributed by atoms with Crippen molar-refractivity contribution in [2.45, 2.75) is 11.4 Å². The fourth-order valence-electron chi connectivity index (χ4n) is 1.44. The van der Waals surface area contributed by atoms with Gasteiger partial charge in [-0.25, -0.2) is 0 Å². The Morgan fingerprint density at radius 1 is 1.38 bits per heavy atom. The quantitative estimate of drug-likeness (QED) is 0.812. The van der Waals surface area contributed by atoms with Crippen molar-refractivity contribution in [2.24, 2.45) is 0 Å². The average Bonchev–Trinajstić information content (AvgIpc) is 2.84. The highest BCUT2D eigenvalue weighted by molar-refractivity contribution is 9.10. The molecule has 0 aliphatic rings. The summed E-state index contributed by atoms with van der Waals surface area (Å²) < 4.78 is 44.3. The zero-order valence-electron chi connectivity index (χ0n) is 10.0. The van der Waals surface area contributed by atoms with Crippen molar-refractivity contribution >= 4 is 33.7 Å². The molecule has 1 N–H and O–H groups in total. The highest BCUT2D eigenvalue weighted by atomic mass is 79.9. The second-order valence-electron chi connectivity index (χ2n) is 3.74. The molecule has 0 saturated carbocycles. The molecule has 0 atom stereocenters. The van der Waals surface area contributed by atoms with E-state index in [0.717, 1.165) is 17.8 Å². The standard InChI is InChI=1S/C11H6BrF3N2O3S/c12-5-1-2-6(7(3-5)11(13,14)15)9-16-17-10(20-9)21-4-8(18)19/h1-3H,4H2,(H,18,19). The lowest BCUT2D eigenvalue weighted by Gasteiger charge is -2.10. The first kappa shape index (κ1) is 15.8. The Morgan fingerprint density at radius 2 is 2.10 bits per heavy atom. The van der Waals surface area contributed by atoms with Gasteiger partial charge in [0.2, 0.25) is 5.89 Å². The van der Waals surface area contributed by atoms with Crippen LogP contribution in [0.25, 0.3) is 11.5 Å². The molecule has 21 heavy (non-hydrogen) atoms. The predicted octanol–water partition coefficient (Wildman–Crippen LogP) is 3.69. The van der Waals surface area contributed by atoms with E-state index in [2.05, 4.69) is 26.1 Å². The number of halogens is 4. The van der Waals surface area contributed by atoms with E-state index in [0.29, 0.717) is 0 Å². The van der Waals surface area contributed by atoms with Crippen LogP contribution in [0.3, 0.4) is 0 Å². The van der Waals surface area contributed by atoms with Crippen molar-refractivity contribution in [1.82, 2.24) is 10.2 Å². The topological polar surface area (TPSA) is 76.2 Å². The van der Waals surface area contributed by atoms with Crippen LogP contribution in [0, 0.1) is 0 Å². The first-order valence-corrected chi connectivity index (χ1v) is 7.10. The van der Waals surface area contributed by atoms with Crippen LogP contribution in [0.4, 0.5) is 13.2 Å². The van der Waals surface area contributed by atoms with Crippen LogP contribution in [0.5, 0.6) is 0 Å². The molecule has 2 aromatic rings. The van der Waals surface area contributed by atoms with E-state index in [1.165, 1.54) is 12.1 Å². The molecule has 5 nitrogen and oxygen atoms in total. The summed E-state index contributed by atoms with van der Waals surface area (Å²) in [5.74, 6) is -1.74. The summed E-state index contributed by atoms with van der Waals surface area (Å²) in [5, 5.41) is 15.4. The molecule has 0 aliphatic heterocycles. The lowest BCUT2D eigenvalue weighted by Crippen LogP contribution is -2.07. The lowest BCUT2D eigenvalue weighted by molar-refractivity contribution is -0.137. The molecule has 0 amide bonds. The minimum Gasteiger partial charge on any atom is -0.481 e. The number of carboxylic acid groups (broad SMARTS) is 1. The summed E-state index contributed by atoms with van der Waals surface area (Å²) >= 11 is 3.70. The summed E-state index contributed by atoms with van der Waals surface area (Å²) in [6.07, 6.45) is -4.58. The highest BCUT2D eigenvalue weighted by Crippen LogP contribution is 2.38. The number of thioether (sulfide) groups is 1. The van der Waals surface area contributed by atoms with Crippen molar-refractivity contribution in [3.05, 3.63) is 28.2 Å². The maximum atomic E-state index is 13.0. The number of rotatable bonds is 4. The van der Waals surface area contributed by atoms with Gasteiger partial charge in [0, 0.05) is 4.47 Å². The molecule has 2 rings (SSSR count). The molecule has 1 heterocycles. The van der Waals surface area contributed by atoms with Crippen LogP contribution >= 0.6 is 27.7 Å². The maximum absolute atomic E-state index is 13.0. The summed E-state index contributed by atoms with van der Waals surface area (Å²) in [6.45, 7) is 0. The molecular formula is C11H6BrF3N2O3S. The van der Waals surface area contributed by atoms with Gasteiger partial charge in [0.15, 0.2) is 0 Å². The van der Waals surface area contributed by atoms with Crippen molar-refractivity contribution in [3.8, 4) is 11.5 Å². The van der Waals surface area contributed by atoms with Gasteiger partial charge in [-0.15, -0.1) is 10.2 Å². The van der Waals surface area contributed by atoms with Crippen molar-refractivity contribution in [1.29, 1.82) is 0 Å². The number of carbonyl (C=O) groups is 1. The van der Waals surface area contributed by atoms with E-state index in [1.54, 1.807) is 0 Å². The van der Waals surface area contributed by atoms with Gasteiger partial charge in [-0.2, -0.15) is 13.2 Å². The molecule has 0 fully saturated rings. The summed E-state index contributed by atoms with van der Waals surface area (Å²) in [7, 11) is 0. The second kappa shape index (κ2) is 6.06. The molecule has 0 saturated heterocycles. The average molecular weight is 383 g/mol. The molecule has 0 aliphatic carbocycles. The third kappa shape index (κ3) is 3.97. The zero-order valence-corrected chi connectivity index (χ0v) is 12.4. The van der Waals surface area contributed by atoms with Crippen molar-refractivity contribution in [2.75, 3.05) is 5.75 Å². The number of nitrogens with zero attached hydrogens (tertiary/aromatic N) is 2. The molecule has 0 bridgehead atoms. The summed E-state index contributed by atoms with van der Waals surface area (Å²) in [6, 6.07) is 3.52. The number of aliphatic carboxylic acids is 1. The minimum atomic E-state index is -4.58. The van der Waals surface area contributed by atoms with Gasteiger partial charge < -0.3 is 9.52 Å². The van der Waals surface area contributed by atoms with Crippen LogP contribution < -0.4 is 0 Å². The fraction of sp³-hybridized carbons (Fsp3) is 0.182. The molecule has 0 spiro atoms. The Balaban J connectivity index is 2.36. The van der Waals surface area contributed by atoms with Crippen LogP contribution in [-0.4, -0.2) is 27.0 Å². The molecule has 0 radical (unpaired) electrons. The van der Waals surface area contributed by atoms with Gasteiger partial charge in [-0.1, -0.05) is 27.7 Å². The molecule has 0 unspecified atom stereocenters. The van der Waals surface area contributed by atoms with Crippen molar-refractivity contribution in [3.63, 3.8) is 0 Å². The summed E-state index contributed by atoms with van der Waals surface area (Å²) in [5.41, 5.74) is -1.18. The van der Waals surface area contributed by atoms with Gasteiger partial charge in [-0.3, -0.25) is 4.79 Å². The van der Waals surface area contributed by atoms with E-state index < -0.39 is 17.7 Å². The monoisotopic (exact) mass is 382 g/mol. The zero-order chi connectivity index (χ0) is 15.6. The summed E-state index contributed by atoms with van der Waals surface area (Å²) in [4.78, 5) is 10.4. The van der Waals surface area contributed by atoms with Crippen molar-refractivity contribution < 1.29 is 27.5 Å². The van der Waals surface area contributed by atoms with Gasteiger partial charge in [-0.05, 0) is 18.2 Å². The molecule has 10 heteroatoms. The Bertz CT molecular complexity index is 675. The van der Waals surface area contributed by atoms with Crippen LogP contribution in [0.15, 0.2) is 32.3 Å². The second-order valence-corrected chi connectivity index (χ2v) is 5.59. The van der Waals surface area contributed by atoms with E-state index in [-0.39, 0.29) is 26.9 Å². The van der Waals surface area contributed by atoms with E-state index in [9.17, 15) is 18.0 Å². The number of alkyl halides is 3. The maximum Gasteiger partial charge on any atom is 0.417 e. The smallest absolute Gasteiger partial charge is 0.417 e. The van der Waals surface area contributed by atoms with Gasteiger partial charge in [0.05, 0.1) is 11.1 Å². The SMILES string of the molecule is O=C(O)CSc1nnc(-c2ccc(Br)cc2C(F)(F)F)o1. The van der Waals surface area contributed by atoms with Gasteiger partial charge >= 0.3 is 12.1 Å². The number of hydrogen-bond donors (Lipinski definition) is 1. The molecule has 1 aromatic heterocycles. The largest absolute Gasteiger partial charge is 0.481 e. The van der Waals surface area contributed by atoms with Crippen LogP contribution in [0.2, 0.25) is 0 Å². The highest BCUT2D eigenvalue weighted by Gasteiger charge is 2.35. The number of carboxylic acids is 1. The normalized spacial score (nSPS) is 11.6. The Hall–Kier alpha value is -1.55. The van der Waals surface area contributed by atoms with Crippen LogP contribution in [-0.2, 0) is 11.0 Å². The molecular weight excluding hydrogens is 377 g/mol. The Kier molecular flexibility index (Phi) is 4.57. The number of aromatic nitrogens is 2. The minimum absolute atomic E-state index is 0.108. The van der Waals surface area contributed by atoms with E-state index in [1.807, 2.05) is 0 Å². The lowest BCUT2D eigenvalue weighted by atomic mass is 10.1. The van der Waals surface area contributed by atoms with E-state index >= 15 is 0 Å². The van der Waals surface area contributed by atoms with E-state index in [4.69, 9.17) is 9.52 Å². The first-order valence-electron chi connectivity index (χ1n) is 5.32.